The van der Waals surface area contributed by atoms with Gasteiger partial charge in [-0.15, -0.1) is 0 Å². The first-order chi connectivity index (χ1) is 36.3. The van der Waals surface area contributed by atoms with Crippen LogP contribution in [-0.4, -0.2) is 0 Å². The van der Waals surface area contributed by atoms with Crippen molar-refractivity contribution in [2.24, 2.45) is 0 Å². The summed E-state index contributed by atoms with van der Waals surface area (Å²) in [5.74, 6) is 0. The molecular formula is C72H56N2. The fraction of sp³-hybridized carbons (Fsp3) is 0.0556. The molecule has 0 saturated heterocycles. The van der Waals surface area contributed by atoms with Gasteiger partial charge in [-0.25, -0.2) is 0 Å². The highest BCUT2D eigenvalue weighted by Crippen LogP contribution is 2.53. The van der Waals surface area contributed by atoms with Crippen LogP contribution in [0.5, 0.6) is 0 Å². The maximum Gasteiger partial charge on any atom is 0.0618 e. The molecule has 0 aliphatic carbocycles. The van der Waals surface area contributed by atoms with Crippen LogP contribution < -0.4 is 9.80 Å². The number of hydrogen-bond acceptors (Lipinski definition) is 2. The number of anilines is 6. The Morgan fingerprint density at radius 3 is 0.649 bits per heavy atom. The van der Waals surface area contributed by atoms with Gasteiger partial charge in [-0.1, -0.05) is 241 Å². The van der Waals surface area contributed by atoms with Crippen LogP contribution in [0, 0.1) is 27.7 Å². The summed E-state index contributed by atoms with van der Waals surface area (Å²) in [7, 11) is 0. The van der Waals surface area contributed by atoms with Gasteiger partial charge < -0.3 is 9.80 Å². The van der Waals surface area contributed by atoms with Crippen molar-refractivity contribution in [3.8, 4) is 11.1 Å². The zero-order valence-electron chi connectivity index (χ0n) is 42.3. The van der Waals surface area contributed by atoms with Crippen LogP contribution in [0.25, 0.3) is 78.5 Å². The first-order valence-corrected chi connectivity index (χ1v) is 25.7. The van der Waals surface area contributed by atoms with Gasteiger partial charge in [-0.2, -0.15) is 0 Å². The smallest absolute Gasteiger partial charge is 0.0618 e. The molecule has 0 heterocycles. The SMILES string of the molecule is Cc1ccc(C=Cc2ccc(N(c3ccc(C)cc3)c3c4ccccc4c(-c4c5ccccc5c(N(c5ccc(C)cc5)c5ccc(C=Cc6ccc(C)cc6)cc5)c5ccccc45)c4ccccc34)cc2)cc1. The number of nitrogens with zero attached hydrogens (tertiary/aromatic N) is 2. The molecule has 0 atom stereocenters. The van der Waals surface area contributed by atoms with Crippen LogP contribution in [-0.2, 0) is 0 Å². The summed E-state index contributed by atoms with van der Waals surface area (Å²) in [6.07, 6.45) is 8.78. The van der Waals surface area contributed by atoms with Gasteiger partial charge in [0.25, 0.3) is 0 Å². The van der Waals surface area contributed by atoms with Crippen molar-refractivity contribution in [1.29, 1.82) is 0 Å². The van der Waals surface area contributed by atoms with E-state index in [9.17, 15) is 0 Å². The van der Waals surface area contributed by atoms with Crippen molar-refractivity contribution in [2.75, 3.05) is 9.80 Å². The van der Waals surface area contributed by atoms with Gasteiger partial charge in [0.05, 0.1) is 11.4 Å². The highest BCUT2D eigenvalue weighted by molar-refractivity contribution is 6.30. The van der Waals surface area contributed by atoms with Crippen LogP contribution >= 0.6 is 0 Å². The number of fused-ring (bicyclic) bond motifs is 4. The van der Waals surface area contributed by atoms with E-state index in [2.05, 4.69) is 304 Å². The fourth-order valence-corrected chi connectivity index (χ4v) is 10.6. The van der Waals surface area contributed by atoms with Crippen LogP contribution in [0.4, 0.5) is 34.1 Å². The summed E-state index contributed by atoms with van der Waals surface area (Å²) in [4.78, 5) is 4.92. The molecule has 0 aliphatic heterocycles. The lowest BCUT2D eigenvalue weighted by atomic mass is 9.84. The van der Waals surface area contributed by atoms with Crippen LogP contribution in [0.2, 0.25) is 0 Å². The van der Waals surface area contributed by atoms with Gasteiger partial charge in [0.15, 0.2) is 0 Å². The van der Waals surface area contributed by atoms with Crippen LogP contribution in [0.15, 0.2) is 243 Å². The topological polar surface area (TPSA) is 6.48 Å². The molecular weight excluding hydrogens is 893 g/mol. The lowest BCUT2D eigenvalue weighted by Gasteiger charge is -2.31. The number of rotatable bonds is 11. The van der Waals surface area contributed by atoms with Gasteiger partial charge in [0, 0.05) is 44.3 Å². The van der Waals surface area contributed by atoms with Crippen molar-refractivity contribution >= 4 is 102 Å². The Kier molecular flexibility index (Phi) is 12.2. The minimum Gasteiger partial charge on any atom is -0.309 e. The lowest BCUT2D eigenvalue weighted by molar-refractivity contribution is 1.30. The molecule has 0 N–H and O–H groups in total. The van der Waals surface area contributed by atoms with E-state index in [1.807, 2.05) is 0 Å². The van der Waals surface area contributed by atoms with E-state index in [-0.39, 0.29) is 0 Å². The molecule has 12 aromatic rings. The molecule has 0 fully saturated rings. The Morgan fingerprint density at radius 1 is 0.216 bits per heavy atom. The predicted octanol–water partition coefficient (Wildman–Crippen LogP) is 20.5. The number of aryl methyl sites for hydroxylation is 4. The molecule has 0 aromatic heterocycles. The molecule has 2 nitrogen and oxygen atoms in total. The second-order valence-electron chi connectivity index (χ2n) is 19.6. The molecule has 0 unspecified atom stereocenters. The maximum absolute atomic E-state index is 2.46. The predicted molar refractivity (Wildman–Crippen MR) is 321 cm³/mol. The van der Waals surface area contributed by atoms with Crippen LogP contribution in [0.1, 0.15) is 44.5 Å². The molecule has 2 heteroatoms. The first-order valence-electron chi connectivity index (χ1n) is 25.7. The lowest BCUT2D eigenvalue weighted by Crippen LogP contribution is -2.12. The maximum atomic E-state index is 2.46. The summed E-state index contributed by atoms with van der Waals surface area (Å²) in [5.41, 5.74) is 18.8. The fourth-order valence-electron chi connectivity index (χ4n) is 10.6. The van der Waals surface area contributed by atoms with Crippen molar-refractivity contribution < 1.29 is 0 Å². The third-order valence-corrected chi connectivity index (χ3v) is 14.5. The second-order valence-corrected chi connectivity index (χ2v) is 19.6. The Balaban J connectivity index is 1.07. The van der Waals surface area contributed by atoms with E-state index < -0.39 is 0 Å². The van der Waals surface area contributed by atoms with Gasteiger partial charge >= 0.3 is 0 Å². The number of hydrogen-bond donors (Lipinski definition) is 0. The molecule has 0 radical (unpaired) electrons. The molecule has 0 amide bonds. The van der Waals surface area contributed by atoms with Crippen molar-refractivity contribution in [2.45, 2.75) is 27.7 Å². The molecule has 0 bridgehead atoms. The van der Waals surface area contributed by atoms with Crippen LogP contribution in [0.3, 0.4) is 0 Å². The van der Waals surface area contributed by atoms with E-state index in [0.29, 0.717) is 0 Å². The molecule has 12 aromatic carbocycles. The summed E-state index contributed by atoms with van der Waals surface area (Å²) in [5, 5.41) is 9.51. The van der Waals surface area contributed by atoms with E-state index in [0.717, 1.165) is 45.3 Å². The van der Waals surface area contributed by atoms with E-state index in [1.54, 1.807) is 0 Å². The number of benzene rings is 12. The van der Waals surface area contributed by atoms with E-state index >= 15 is 0 Å². The standard InChI is InChI=1S/C72H56N2/c1-49-21-29-53(30-22-49)33-35-55-37-45-59(46-38-55)73(57-41-25-51(3)26-42-57)71-65-17-9-5-13-61(65)69(62-14-6-10-18-66(62)71)70-63-15-7-11-19-67(63)72(68-20-12-8-16-64(68)70)74(58-43-27-52(4)28-44-58)60-47-39-56(40-48-60)36-34-54-31-23-50(2)24-32-54/h5-48H,1-4H3. The average Bonchev–Trinajstić information content (AvgIpc) is 3.44. The molecule has 0 spiro atoms. The zero-order valence-corrected chi connectivity index (χ0v) is 42.3. The molecule has 354 valence electrons. The Hall–Kier alpha value is -9.24. The largest absolute Gasteiger partial charge is 0.309 e. The molecule has 12 rings (SSSR count). The normalized spacial score (nSPS) is 11.7. The summed E-state index contributed by atoms with van der Waals surface area (Å²) in [6, 6.07) is 89.4. The molecule has 0 aliphatic rings. The zero-order chi connectivity index (χ0) is 50.1. The van der Waals surface area contributed by atoms with Crippen molar-refractivity contribution in [3.05, 3.63) is 287 Å². The van der Waals surface area contributed by atoms with Gasteiger partial charge in [0.2, 0.25) is 0 Å². The minimum absolute atomic E-state index is 1.09. The van der Waals surface area contributed by atoms with Gasteiger partial charge in [-0.3, -0.25) is 0 Å². The Bertz CT molecular complexity index is 3670. The van der Waals surface area contributed by atoms with Gasteiger partial charge in [-0.05, 0) is 131 Å². The minimum atomic E-state index is 1.09. The summed E-state index contributed by atoms with van der Waals surface area (Å²) < 4.78 is 0. The second kappa shape index (κ2) is 19.8. The first kappa shape index (κ1) is 45.9. The highest BCUT2D eigenvalue weighted by Gasteiger charge is 2.27. The third kappa shape index (κ3) is 8.82. The Labute approximate surface area is 435 Å². The monoisotopic (exact) mass is 948 g/mol. The Morgan fingerprint density at radius 2 is 0.405 bits per heavy atom. The quantitative estimate of drug-likeness (QED) is 0.0942. The van der Waals surface area contributed by atoms with Crippen molar-refractivity contribution in [1.82, 2.24) is 0 Å². The average molecular weight is 949 g/mol. The molecule has 74 heavy (non-hydrogen) atoms. The highest BCUT2D eigenvalue weighted by atomic mass is 15.2. The van der Waals surface area contributed by atoms with E-state index in [1.165, 1.54) is 87.6 Å². The van der Waals surface area contributed by atoms with Crippen molar-refractivity contribution in [3.63, 3.8) is 0 Å². The summed E-state index contributed by atoms with van der Waals surface area (Å²) >= 11 is 0. The van der Waals surface area contributed by atoms with Gasteiger partial charge in [0.1, 0.15) is 0 Å². The third-order valence-electron chi connectivity index (χ3n) is 14.5. The van der Waals surface area contributed by atoms with E-state index in [4.69, 9.17) is 0 Å². The molecule has 0 saturated carbocycles. The summed E-state index contributed by atoms with van der Waals surface area (Å²) in [6.45, 7) is 8.57.